The first kappa shape index (κ1) is 14.0. The lowest BCUT2D eigenvalue weighted by Crippen LogP contribution is -1.91. The molecule has 7 heteroatoms. The standard InChI is InChI=1S/C13H10N2O4S/c1-8(16)12-6-10(15(17)18)13(20-12)19-11-5-3-2-4-9(11)7-14/h2-6,8,16H,1H3/t8-/m1/s1. The predicted molar refractivity (Wildman–Crippen MR) is 72.8 cm³/mol. The van der Waals surface area contributed by atoms with Crippen molar-refractivity contribution in [2.75, 3.05) is 0 Å². The van der Waals surface area contributed by atoms with E-state index in [9.17, 15) is 15.2 Å². The lowest BCUT2D eigenvalue weighted by Gasteiger charge is -2.04. The highest BCUT2D eigenvalue weighted by Crippen LogP contribution is 2.42. The van der Waals surface area contributed by atoms with E-state index in [-0.39, 0.29) is 22.1 Å². The van der Waals surface area contributed by atoms with E-state index in [4.69, 9.17) is 10.00 Å². The Hall–Kier alpha value is -2.43. The molecular weight excluding hydrogens is 280 g/mol. The van der Waals surface area contributed by atoms with Crippen molar-refractivity contribution in [3.63, 3.8) is 0 Å². The number of benzene rings is 1. The molecule has 0 fully saturated rings. The summed E-state index contributed by atoms with van der Waals surface area (Å²) in [6, 6.07) is 9.70. The molecule has 0 aliphatic rings. The van der Waals surface area contributed by atoms with Gasteiger partial charge in [-0.15, -0.1) is 0 Å². The van der Waals surface area contributed by atoms with Crippen molar-refractivity contribution in [1.82, 2.24) is 0 Å². The second-order valence-corrected chi connectivity index (χ2v) is 5.01. The van der Waals surface area contributed by atoms with Gasteiger partial charge in [0.05, 0.1) is 16.6 Å². The zero-order valence-electron chi connectivity index (χ0n) is 10.4. The van der Waals surface area contributed by atoms with Gasteiger partial charge in [0.2, 0.25) is 0 Å². The molecule has 0 saturated carbocycles. The minimum Gasteiger partial charge on any atom is -0.439 e. The van der Waals surface area contributed by atoms with Crippen LogP contribution >= 0.6 is 11.3 Å². The van der Waals surface area contributed by atoms with Crippen molar-refractivity contribution >= 4 is 17.0 Å². The Morgan fingerprint density at radius 2 is 2.20 bits per heavy atom. The smallest absolute Gasteiger partial charge is 0.323 e. The lowest BCUT2D eigenvalue weighted by molar-refractivity contribution is -0.385. The molecule has 0 unspecified atom stereocenters. The number of rotatable bonds is 4. The van der Waals surface area contributed by atoms with Crippen LogP contribution in [0.3, 0.4) is 0 Å². The molecule has 0 bridgehead atoms. The van der Waals surface area contributed by atoms with E-state index in [0.717, 1.165) is 11.3 Å². The van der Waals surface area contributed by atoms with Crippen LogP contribution in [0.15, 0.2) is 30.3 Å². The second-order valence-electron chi connectivity index (χ2n) is 3.96. The Kier molecular flexibility index (Phi) is 3.98. The van der Waals surface area contributed by atoms with Gasteiger partial charge in [0.25, 0.3) is 5.06 Å². The highest BCUT2D eigenvalue weighted by Gasteiger charge is 2.23. The maximum atomic E-state index is 11.0. The molecule has 6 nitrogen and oxygen atoms in total. The number of aliphatic hydroxyl groups is 1. The summed E-state index contributed by atoms with van der Waals surface area (Å²) in [7, 11) is 0. The Morgan fingerprint density at radius 1 is 1.50 bits per heavy atom. The number of aliphatic hydroxyl groups excluding tert-OH is 1. The Bertz CT molecular complexity index is 688. The molecule has 1 aromatic carbocycles. The van der Waals surface area contributed by atoms with Crippen LogP contribution in [0.25, 0.3) is 0 Å². The minimum absolute atomic E-state index is 0.0496. The van der Waals surface area contributed by atoms with Crippen molar-refractivity contribution < 1.29 is 14.8 Å². The van der Waals surface area contributed by atoms with E-state index < -0.39 is 11.0 Å². The number of nitriles is 1. The van der Waals surface area contributed by atoms with Crippen LogP contribution in [0, 0.1) is 21.4 Å². The fourth-order valence-corrected chi connectivity index (χ4v) is 2.46. The summed E-state index contributed by atoms with van der Waals surface area (Å²) in [6.07, 6.45) is -0.817. The third kappa shape index (κ3) is 2.77. The van der Waals surface area contributed by atoms with Crippen LogP contribution in [0.4, 0.5) is 5.69 Å². The molecule has 0 saturated heterocycles. The number of nitrogens with zero attached hydrogens (tertiary/aromatic N) is 2. The van der Waals surface area contributed by atoms with Gasteiger partial charge in [0, 0.05) is 10.9 Å². The summed E-state index contributed by atoms with van der Waals surface area (Å²) in [5, 5.41) is 29.5. The summed E-state index contributed by atoms with van der Waals surface area (Å²) in [5.41, 5.74) is 0.0624. The first-order valence-electron chi connectivity index (χ1n) is 5.66. The van der Waals surface area contributed by atoms with Crippen molar-refractivity contribution in [2.24, 2.45) is 0 Å². The van der Waals surface area contributed by atoms with Crippen molar-refractivity contribution in [3.05, 3.63) is 50.9 Å². The zero-order valence-corrected chi connectivity index (χ0v) is 11.3. The third-order valence-corrected chi connectivity index (χ3v) is 3.69. The maximum absolute atomic E-state index is 11.0. The minimum atomic E-state index is -0.817. The van der Waals surface area contributed by atoms with Gasteiger partial charge in [-0.05, 0) is 19.1 Å². The SMILES string of the molecule is C[C@@H](O)c1cc([N+](=O)[O-])c(Oc2ccccc2C#N)s1. The van der Waals surface area contributed by atoms with Gasteiger partial charge in [-0.2, -0.15) is 5.26 Å². The summed E-state index contributed by atoms with van der Waals surface area (Å²) >= 11 is 0.987. The van der Waals surface area contributed by atoms with Crippen LogP contribution in [0.1, 0.15) is 23.5 Å². The largest absolute Gasteiger partial charge is 0.439 e. The van der Waals surface area contributed by atoms with Crippen LogP contribution in [0.5, 0.6) is 10.8 Å². The molecule has 1 aromatic heterocycles. The number of thiophene rings is 1. The molecule has 1 atom stereocenters. The van der Waals surface area contributed by atoms with E-state index in [0.29, 0.717) is 4.88 Å². The Balaban J connectivity index is 2.43. The van der Waals surface area contributed by atoms with Gasteiger partial charge in [0.15, 0.2) is 0 Å². The Labute approximate surface area is 118 Å². The van der Waals surface area contributed by atoms with Gasteiger partial charge < -0.3 is 9.84 Å². The van der Waals surface area contributed by atoms with E-state index in [2.05, 4.69) is 0 Å². The van der Waals surface area contributed by atoms with E-state index in [1.807, 2.05) is 6.07 Å². The van der Waals surface area contributed by atoms with Gasteiger partial charge in [-0.1, -0.05) is 23.5 Å². The zero-order chi connectivity index (χ0) is 14.7. The van der Waals surface area contributed by atoms with Gasteiger partial charge in [0.1, 0.15) is 11.8 Å². The van der Waals surface area contributed by atoms with Crippen LogP contribution in [-0.4, -0.2) is 10.0 Å². The van der Waals surface area contributed by atoms with Crippen molar-refractivity contribution in [3.8, 4) is 16.9 Å². The topological polar surface area (TPSA) is 96.4 Å². The molecule has 2 rings (SSSR count). The number of nitro groups is 1. The molecule has 102 valence electrons. The second kappa shape index (κ2) is 5.69. The monoisotopic (exact) mass is 290 g/mol. The molecule has 2 aromatic rings. The summed E-state index contributed by atoms with van der Waals surface area (Å²) in [5.74, 6) is 0.247. The van der Waals surface area contributed by atoms with Crippen LogP contribution in [0.2, 0.25) is 0 Å². The molecule has 1 heterocycles. The van der Waals surface area contributed by atoms with Gasteiger partial charge >= 0.3 is 5.69 Å². The third-order valence-electron chi connectivity index (χ3n) is 2.52. The van der Waals surface area contributed by atoms with Crippen molar-refractivity contribution in [1.29, 1.82) is 5.26 Å². The highest BCUT2D eigenvalue weighted by atomic mass is 32.1. The number of ether oxygens (including phenoxy) is 1. The molecule has 1 N–H and O–H groups in total. The summed E-state index contributed by atoms with van der Waals surface area (Å²) in [4.78, 5) is 10.8. The van der Waals surface area contributed by atoms with Gasteiger partial charge in [-0.3, -0.25) is 10.1 Å². The quantitative estimate of drug-likeness (QED) is 0.687. The first-order valence-corrected chi connectivity index (χ1v) is 6.47. The predicted octanol–water partition coefficient (Wildman–Crippen LogP) is 3.37. The van der Waals surface area contributed by atoms with Gasteiger partial charge in [-0.25, -0.2) is 0 Å². The number of para-hydroxylation sites is 1. The molecular formula is C13H10N2O4S. The molecule has 0 spiro atoms. The first-order chi connectivity index (χ1) is 9.52. The number of hydrogen-bond donors (Lipinski definition) is 1. The van der Waals surface area contributed by atoms with E-state index >= 15 is 0 Å². The number of hydrogen-bond acceptors (Lipinski definition) is 6. The normalized spacial score (nSPS) is 11.7. The maximum Gasteiger partial charge on any atom is 0.323 e. The fraction of sp³-hybridized carbons (Fsp3) is 0.154. The molecule has 0 radical (unpaired) electrons. The molecule has 20 heavy (non-hydrogen) atoms. The van der Waals surface area contributed by atoms with Crippen LogP contribution in [-0.2, 0) is 0 Å². The summed E-state index contributed by atoms with van der Waals surface area (Å²) < 4.78 is 5.47. The molecule has 0 aliphatic carbocycles. The lowest BCUT2D eigenvalue weighted by atomic mass is 10.2. The average Bonchev–Trinajstić information content (AvgIpc) is 2.84. The van der Waals surface area contributed by atoms with E-state index in [1.54, 1.807) is 24.3 Å². The van der Waals surface area contributed by atoms with Crippen LogP contribution < -0.4 is 4.74 Å². The molecule has 0 amide bonds. The average molecular weight is 290 g/mol. The van der Waals surface area contributed by atoms with E-state index in [1.165, 1.54) is 13.0 Å². The van der Waals surface area contributed by atoms with Crippen molar-refractivity contribution in [2.45, 2.75) is 13.0 Å². The molecule has 0 aliphatic heterocycles. The fourth-order valence-electron chi connectivity index (χ4n) is 1.54. The highest BCUT2D eigenvalue weighted by molar-refractivity contribution is 7.14. The summed E-state index contributed by atoms with van der Waals surface area (Å²) in [6.45, 7) is 1.52. The Morgan fingerprint density at radius 3 is 2.80 bits per heavy atom.